The van der Waals surface area contributed by atoms with Gasteiger partial charge in [-0.1, -0.05) is 57.9 Å². The minimum atomic E-state index is -0.135. The van der Waals surface area contributed by atoms with Crippen LogP contribution >= 0.6 is 27.5 Å². The predicted molar refractivity (Wildman–Crippen MR) is 94.7 cm³/mol. The predicted octanol–water partition coefficient (Wildman–Crippen LogP) is 4.75. The molecule has 1 amide bonds. The second-order valence-electron chi connectivity index (χ2n) is 5.66. The molecule has 1 aliphatic rings. The van der Waals surface area contributed by atoms with Crippen molar-refractivity contribution in [3.8, 4) is 5.75 Å². The largest absolute Gasteiger partial charge is 0.482 e. The van der Waals surface area contributed by atoms with Gasteiger partial charge in [0.15, 0.2) is 6.61 Å². The van der Waals surface area contributed by atoms with E-state index in [4.69, 9.17) is 16.3 Å². The first kappa shape index (κ1) is 16.3. The van der Waals surface area contributed by atoms with Gasteiger partial charge < -0.3 is 10.1 Å². The van der Waals surface area contributed by atoms with Gasteiger partial charge in [0.1, 0.15) is 5.75 Å². The van der Waals surface area contributed by atoms with E-state index in [1.165, 1.54) is 0 Å². The smallest absolute Gasteiger partial charge is 0.258 e. The van der Waals surface area contributed by atoms with Gasteiger partial charge in [0.05, 0.1) is 11.1 Å². The molecule has 0 aromatic heterocycles. The van der Waals surface area contributed by atoms with E-state index in [9.17, 15) is 4.79 Å². The fourth-order valence-corrected chi connectivity index (χ4v) is 3.24. The quantitative estimate of drug-likeness (QED) is 0.768. The van der Waals surface area contributed by atoms with Crippen LogP contribution in [0.5, 0.6) is 5.75 Å². The fourth-order valence-electron chi connectivity index (χ4n) is 2.51. The van der Waals surface area contributed by atoms with Crippen LogP contribution in [0.4, 0.5) is 0 Å². The number of amides is 1. The van der Waals surface area contributed by atoms with Gasteiger partial charge in [-0.05, 0) is 42.5 Å². The summed E-state index contributed by atoms with van der Waals surface area (Å²) in [5.41, 5.74) is 1.14. The number of hydrogen-bond acceptors (Lipinski definition) is 2. The maximum Gasteiger partial charge on any atom is 0.258 e. The molecular weight excluding hydrogens is 378 g/mol. The zero-order valence-electron chi connectivity index (χ0n) is 12.5. The Morgan fingerprint density at radius 1 is 1.26 bits per heavy atom. The number of hydrogen-bond donors (Lipinski definition) is 1. The fraction of sp³-hybridized carbons (Fsp3) is 0.278. The molecule has 1 saturated carbocycles. The lowest BCUT2D eigenvalue weighted by atomic mass is 10.0. The van der Waals surface area contributed by atoms with Gasteiger partial charge in [0.25, 0.3) is 5.91 Å². The van der Waals surface area contributed by atoms with E-state index < -0.39 is 0 Å². The van der Waals surface area contributed by atoms with Gasteiger partial charge >= 0.3 is 0 Å². The van der Waals surface area contributed by atoms with Crippen LogP contribution < -0.4 is 10.1 Å². The molecule has 1 aliphatic carbocycles. The van der Waals surface area contributed by atoms with E-state index in [1.54, 1.807) is 12.1 Å². The lowest BCUT2D eigenvalue weighted by molar-refractivity contribution is -0.124. The molecule has 120 valence electrons. The summed E-state index contributed by atoms with van der Waals surface area (Å²) in [4.78, 5) is 12.2. The van der Waals surface area contributed by atoms with Crippen LogP contribution in [0.2, 0.25) is 5.02 Å². The molecular formula is C18H17BrClNO2. The molecule has 0 bridgehead atoms. The molecule has 0 unspecified atom stereocenters. The van der Waals surface area contributed by atoms with Gasteiger partial charge in [-0.3, -0.25) is 4.79 Å². The van der Waals surface area contributed by atoms with Crippen molar-refractivity contribution in [2.45, 2.75) is 18.9 Å². The SMILES string of the molecule is O=C(COc1ccc(Br)cc1Cl)N[C@@H](c1ccccc1)C1CC1. The number of nitrogens with one attached hydrogen (secondary N) is 1. The summed E-state index contributed by atoms with van der Waals surface area (Å²) in [6, 6.07) is 15.5. The number of carbonyl (C=O) groups excluding carboxylic acids is 1. The van der Waals surface area contributed by atoms with E-state index in [-0.39, 0.29) is 18.6 Å². The number of rotatable bonds is 6. The Bertz CT molecular complexity index is 689. The summed E-state index contributed by atoms with van der Waals surface area (Å²) in [6.07, 6.45) is 2.30. The van der Waals surface area contributed by atoms with Crippen LogP contribution in [0.25, 0.3) is 0 Å². The van der Waals surface area contributed by atoms with Crippen LogP contribution in [-0.4, -0.2) is 12.5 Å². The molecule has 0 aliphatic heterocycles. The lowest BCUT2D eigenvalue weighted by Gasteiger charge is -2.19. The van der Waals surface area contributed by atoms with Crippen LogP contribution in [0.1, 0.15) is 24.4 Å². The standard InChI is InChI=1S/C18H17BrClNO2/c19-14-8-9-16(15(20)10-14)23-11-17(22)21-18(13-6-7-13)12-4-2-1-3-5-12/h1-5,8-10,13,18H,6-7,11H2,(H,21,22)/t18-/m0/s1. The zero-order valence-corrected chi connectivity index (χ0v) is 14.8. The number of ether oxygens (including phenoxy) is 1. The summed E-state index contributed by atoms with van der Waals surface area (Å²) >= 11 is 9.43. The molecule has 1 fully saturated rings. The Hall–Kier alpha value is -1.52. The van der Waals surface area contributed by atoms with Crippen molar-refractivity contribution in [1.82, 2.24) is 5.32 Å². The first-order valence-electron chi connectivity index (χ1n) is 7.55. The highest BCUT2D eigenvalue weighted by Gasteiger charge is 2.33. The van der Waals surface area contributed by atoms with Crippen molar-refractivity contribution >= 4 is 33.4 Å². The normalized spacial score (nSPS) is 15.0. The average molecular weight is 395 g/mol. The highest BCUT2D eigenvalue weighted by Crippen LogP contribution is 2.40. The Morgan fingerprint density at radius 3 is 2.65 bits per heavy atom. The summed E-state index contributed by atoms with van der Waals surface area (Å²) in [5.74, 6) is 0.898. The second kappa shape index (κ2) is 7.37. The maximum atomic E-state index is 12.2. The minimum absolute atomic E-state index is 0.0442. The highest BCUT2D eigenvalue weighted by atomic mass is 79.9. The van der Waals surface area contributed by atoms with Crippen LogP contribution in [0.15, 0.2) is 53.0 Å². The average Bonchev–Trinajstić information content (AvgIpc) is 3.37. The lowest BCUT2D eigenvalue weighted by Crippen LogP contribution is -2.33. The van der Waals surface area contributed by atoms with Crippen molar-refractivity contribution in [2.75, 3.05) is 6.61 Å². The van der Waals surface area contributed by atoms with Gasteiger partial charge in [0, 0.05) is 4.47 Å². The van der Waals surface area contributed by atoms with Crippen LogP contribution in [-0.2, 0) is 4.79 Å². The van der Waals surface area contributed by atoms with E-state index in [2.05, 4.69) is 33.4 Å². The molecule has 3 nitrogen and oxygen atoms in total. The molecule has 5 heteroatoms. The molecule has 23 heavy (non-hydrogen) atoms. The monoisotopic (exact) mass is 393 g/mol. The first-order chi connectivity index (χ1) is 11.1. The van der Waals surface area contributed by atoms with E-state index in [0.717, 1.165) is 22.9 Å². The maximum absolute atomic E-state index is 12.2. The van der Waals surface area contributed by atoms with Crippen molar-refractivity contribution < 1.29 is 9.53 Å². The molecule has 0 heterocycles. The molecule has 1 atom stereocenters. The van der Waals surface area contributed by atoms with Gasteiger partial charge in [-0.15, -0.1) is 0 Å². The summed E-state index contributed by atoms with van der Waals surface area (Å²) in [6.45, 7) is -0.0442. The van der Waals surface area contributed by atoms with Crippen molar-refractivity contribution in [1.29, 1.82) is 0 Å². The van der Waals surface area contributed by atoms with Crippen molar-refractivity contribution in [2.24, 2.45) is 5.92 Å². The third-order valence-corrected chi connectivity index (χ3v) is 4.61. The molecule has 1 N–H and O–H groups in total. The number of benzene rings is 2. The van der Waals surface area contributed by atoms with Crippen LogP contribution in [0.3, 0.4) is 0 Å². The Kier molecular flexibility index (Phi) is 5.23. The third kappa shape index (κ3) is 4.49. The summed E-state index contributed by atoms with van der Waals surface area (Å²) in [5, 5.41) is 3.56. The Balaban J connectivity index is 1.59. The van der Waals surface area contributed by atoms with Gasteiger partial charge in [-0.25, -0.2) is 0 Å². The second-order valence-corrected chi connectivity index (χ2v) is 6.98. The Morgan fingerprint density at radius 2 is 2.00 bits per heavy atom. The number of halogens is 2. The minimum Gasteiger partial charge on any atom is -0.482 e. The third-order valence-electron chi connectivity index (χ3n) is 3.82. The van der Waals surface area contributed by atoms with E-state index in [0.29, 0.717) is 16.7 Å². The zero-order chi connectivity index (χ0) is 16.2. The van der Waals surface area contributed by atoms with Gasteiger partial charge in [-0.2, -0.15) is 0 Å². The number of carbonyl (C=O) groups is 1. The van der Waals surface area contributed by atoms with E-state index >= 15 is 0 Å². The molecule has 0 saturated heterocycles. The summed E-state index contributed by atoms with van der Waals surface area (Å²) in [7, 11) is 0. The van der Waals surface area contributed by atoms with Crippen molar-refractivity contribution in [3.05, 3.63) is 63.6 Å². The van der Waals surface area contributed by atoms with Crippen LogP contribution in [0, 0.1) is 5.92 Å². The van der Waals surface area contributed by atoms with Gasteiger partial charge in [0.2, 0.25) is 0 Å². The first-order valence-corrected chi connectivity index (χ1v) is 8.73. The molecule has 3 rings (SSSR count). The summed E-state index contributed by atoms with van der Waals surface area (Å²) < 4.78 is 6.40. The topological polar surface area (TPSA) is 38.3 Å². The molecule has 0 radical (unpaired) electrons. The molecule has 2 aromatic rings. The Labute approximate surface area is 149 Å². The molecule has 2 aromatic carbocycles. The van der Waals surface area contributed by atoms with E-state index in [1.807, 2.05) is 24.3 Å². The molecule has 0 spiro atoms. The van der Waals surface area contributed by atoms with Crippen molar-refractivity contribution in [3.63, 3.8) is 0 Å². The highest BCUT2D eigenvalue weighted by molar-refractivity contribution is 9.10.